The maximum atomic E-state index is 4.65. The quantitative estimate of drug-likeness (QED) is 0.410. The first-order valence-corrected chi connectivity index (χ1v) is 7.97. The van der Waals surface area contributed by atoms with Crippen LogP contribution < -0.4 is 10.6 Å². The van der Waals surface area contributed by atoms with Crippen LogP contribution in [0.25, 0.3) is 0 Å². The number of benzene rings is 1. The number of halogens is 1. The predicted octanol–water partition coefficient (Wildman–Crippen LogP) is 2.63. The number of aryl methyl sites for hydroxylation is 1. The number of rotatable bonds is 6. The van der Waals surface area contributed by atoms with E-state index in [1.807, 2.05) is 36.7 Å². The highest BCUT2D eigenvalue weighted by Gasteiger charge is 2.06. The third-order valence-corrected chi connectivity index (χ3v) is 3.54. The van der Waals surface area contributed by atoms with E-state index in [0.717, 1.165) is 24.2 Å². The lowest BCUT2D eigenvalue weighted by atomic mass is 10.2. The molecule has 0 unspecified atom stereocenters. The zero-order chi connectivity index (χ0) is 16.7. The van der Waals surface area contributed by atoms with Gasteiger partial charge in [0.05, 0.1) is 13.1 Å². The second-order valence-electron chi connectivity index (χ2n) is 6.00. The van der Waals surface area contributed by atoms with Crippen molar-refractivity contribution in [3.8, 4) is 0 Å². The molecule has 2 rings (SSSR count). The van der Waals surface area contributed by atoms with Crippen molar-refractivity contribution in [2.75, 3.05) is 6.54 Å². The van der Waals surface area contributed by atoms with Crippen LogP contribution in [0, 0.1) is 12.8 Å². The summed E-state index contributed by atoms with van der Waals surface area (Å²) in [5, 5.41) is 14.9. The molecule has 7 heteroatoms. The van der Waals surface area contributed by atoms with E-state index in [9.17, 15) is 0 Å². The molecule has 0 amide bonds. The van der Waals surface area contributed by atoms with Crippen molar-refractivity contribution in [3.05, 3.63) is 47.5 Å². The van der Waals surface area contributed by atoms with Crippen molar-refractivity contribution < 1.29 is 0 Å². The van der Waals surface area contributed by atoms with E-state index in [4.69, 9.17) is 0 Å². The molecule has 0 radical (unpaired) electrons. The van der Waals surface area contributed by atoms with Crippen LogP contribution in [0.2, 0.25) is 0 Å². The molecule has 0 aliphatic heterocycles. The van der Waals surface area contributed by atoms with Crippen molar-refractivity contribution in [3.63, 3.8) is 0 Å². The van der Waals surface area contributed by atoms with Crippen molar-refractivity contribution in [2.24, 2.45) is 18.0 Å². The van der Waals surface area contributed by atoms with Crippen LogP contribution in [0.3, 0.4) is 0 Å². The molecule has 1 aromatic carbocycles. The summed E-state index contributed by atoms with van der Waals surface area (Å²) in [6, 6.07) is 10.2. The van der Waals surface area contributed by atoms with Gasteiger partial charge in [0.1, 0.15) is 5.82 Å². The lowest BCUT2D eigenvalue weighted by Crippen LogP contribution is -2.39. The summed E-state index contributed by atoms with van der Waals surface area (Å²) in [5.41, 5.74) is 1.19. The Morgan fingerprint density at radius 3 is 2.46 bits per heavy atom. The molecule has 0 aliphatic rings. The molecule has 0 fully saturated rings. The summed E-state index contributed by atoms with van der Waals surface area (Å²) in [6.07, 6.45) is 0. The maximum absolute atomic E-state index is 4.65. The molecule has 0 atom stereocenters. The van der Waals surface area contributed by atoms with Crippen molar-refractivity contribution in [1.29, 1.82) is 0 Å². The Labute approximate surface area is 161 Å². The second-order valence-corrected chi connectivity index (χ2v) is 6.00. The van der Waals surface area contributed by atoms with Gasteiger partial charge in [-0.05, 0) is 18.4 Å². The van der Waals surface area contributed by atoms with Gasteiger partial charge in [-0.25, -0.2) is 4.99 Å². The van der Waals surface area contributed by atoms with Gasteiger partial charge in [0.2, 0.25) is 0 Å². The van der Waals surface area contributed by atoms with Gasteiger partial charge >= 0.3 is 0 Å². The minimum atomic E-state index is 0. The number of aliphatic imine (C=N–C) groups is 1. The monoisotopic (exact) mass is 442 g/mol. The van der Waals surface area contributed by atoms with Gasteiger partial charge in [-0.2, -0.15) is 0 Å². The predicted molar refractivity (Wildman–Crippen MR) is 108 cm³/mol. The molecule has 0 saturated carbocycles. The van der Waals surface area contributed by atoms with Crippen LogP contribution in [0.5, 0.6) is 0 Å². The van der Waals surface area contributed by atoms with Gasteiger partial charge in [-0.3, -0.25) is 0 Å². The minimum Gasteiger partial charge on any atom is -0.356 e. The highest BCUT2D eigenvalue weighted by molar-refractivity contribution is 14.0. The lowest BCUT2D eigenvalue weighted by molar-refractivity contribution is 0.610. The fourth-order valence-electron chi connectivity index (χ4n) is 2.00. The van der Waals surface area contributed by atoms with Gasteiger partial charge < -0.3 is 15.2 Å². The Bertz CT molecular complexity index is 636. The highest BCUT2D eigenvalue weighted by Crippen LogP contribution is 2.01. The molecular formula is C17H27IN6. The largest absolute Gasteiger partial charge is 0.356 e. The first-order valence-electron chi connectivity index (χ1n) is 7.97. The number of hydrogen-bond acceptors (Lipinski definition) is 3. The topological polar surface area (TPSA) is 67.1 Å². The molecule has 0 aliphatic carbocycles. The molecule has 1 heterocycles. The molecule has 1 aromatic heterocycles. The highest BCUT2D eigenvalue weighted by atomic mass is 127. The summed E-state index contributed by atoms with van der Waals surface area (Å²) < 4.78 is 1.98. The van der Waals surface area contributed by atoms with E-state index in [2.05, 4.69) is 51.8 Å². The molecular weight excluding hydrogens is 415 g/mol. The van der Waals surface area contributed by atoms with Crippen LogP contribution in [-0.4, -0.2) is 27.3 Å². The standard InChI is InChI=1S/C17H26N6.HI/c1-13(2)10-18-17(19-11-15-8-6-5-7-9-15)20-12-16-22-21-14(3)23(16)4;/h5-9,13H,10-12H2,1-4H3,(H2,18,19,20);1H. The molecule has 0 saturated heterocycles. The summed E-state index contributed by atoms with van der Waals surface area (Å²) in [6.45, 7) is 8.40. The molecule has 2 N–H and O–H groups in total. The van der Waals surface area contributed by atoms with Gasteiger partial charge in [0, 0.05) is 13.6 Å². The smallest absolute Gasteiger partial charge is 0.191 e. The first kappa shape index (κ1) is 20.4. The van der Waals surface area contributed by atoms with Crippen molar-refractivity contribution >= 4 is 29.9 Å². The zero-order valence-electron chi connectivity index (χ0n) is 14.8. The average molecular weight is 442 g/mol. The summed E-state index contributed by atoms with van der Waals surface area (Å²) in [4.78, 5) is 4.65. The van der Waals surface area contributed by atoms with E-state index in [0.29, 0.717) is 19.0 Å². The fraction of sp³-hybridized carbons (Fsp3) is 0.471. The molecule has 2 aromatic rings. The van der Waals surface area contributed by atoms with E-state index < -0.39 is 0 Å². The number of guanidine groups is 1. The van der Waals surface area contributed by atoms with Crippen LogP contribution >= 0.6 is 24.0 Å². The van der Waals surface area contributed by atoms with Gasteiger partial charge in [0.15, 0.2) is 11.8 Å². The number of nitrogens with zero attached hydrogens (tertiary/aromatic N) is 4. The Hall–Kier alpha value is -1.64. The van der Waals surface area contributed by atoms with Crippen LogP contribution in [-0.2, 0) is 20.1 Å². The van der Waals surface area contributed by atoms with E-state index in [1.54, 1.807) is 0 Å². The lowest BCUT2D eigenvalue weighted by Gasteiger charge is -2.14. The Balaban J connectivity index is 0.00000288. The average Bonchev–Trinajstić information content (AvgIpc) is 2.87. The zero-order valence-corrected chi connectivity index (χ0v) is 17.1. The number of aromatic nitrogens is 3. The van der Waals surface area contributed by atoms with Crippen LogP contribution in [0.15, 0.2) is 35.3 Å². The summed E-state index contributed by atoms with van der Waals surface area (Å²) in [5.74, 6) is 3.14. The summed E-state index contributed by atoms with van der Waals surface area (Å²) >= 11 is 0. The molecule has 0 spiro atoms. The maximum Gasteiger partial charge on any atom is 0.191 e. The van der Waals surface area contributed by atoms with Crippen LogP contribution in [0.1, 0.15) is 31.1 Å². The first-order chi connectivity index (χ1) is 11.1. The number of hydrogen-bond donors (Lipinski definition) is 2. The van der Waals surface area contributed by atoms with E-state index >= 15 is 0 Å². The minimum absolute atomic E-state index is 0. The van der Waals surface area contributed by atoms with E-state index in [1.165, 1.54) is 5.56 Å². The Kier molecular flexibility index (Phi) is 8.73. The number of nitrogens with one attached hydrogen (secondary N) is 2. The van der Waals surface area contributed by atoms with Crippen LogP contribution in [0.4, 0.5) is 0 Å². The fourth-order valence-corrected chi connectivity index (χ4v) is 2.00. The third kappa shape index (κ3) is 6.46. The Morgan fingerprint density at radius 1 is 1.17 bits per heavy atom. The van der Waals surface area contributed by atoms with E-state index in [-0.39, 0.29) is 24.0 Å². The Morgan fingerprint density at radius 2 is 1.88 bits per heavy atom. The van der Waals surface area contributed by atoms with Crippen molar-refractivity contribution in [2.45, 2.75) is 33.9 Å². The summed E-state index contributed by atoms with van der Waals surface area (Å²) in [7, 11) is 1.97. The SMILES string of the molecule is Cc1nnc(CNC(=NCc2ccccc2)NCC(C)C)n1C.I. The molecule has 6 nitrogen and oxygen atoms in total. The normalized spacial score (nSPS) is 11.3. The van der Waals surface area contributed by atoms with Crippen molar-refractivity contribution in [1.82, 2.24) is 25.4 Å². The molecule has 24 heavy (non-hydrogen) atoms. The second kappa shape index (κ2) is 10.3. The van der Waals surface area contributed by atoms with Gasteiger partial charge in [-0.15, -0.1) is 34.2 Å². The van der Waals surface area contributed by atoms with Gasteiger partial charge in [-0.1, -0.05) is 44.2 Å². The third-order valence-electron chi connectivity index (χ3n) is 3.54. The molecule has 132 valence electrons. The van der Waals surface area contributed by atoms with Gasteiger partial charge in [0.25, 0.3) is 0 Å². The molecule has 0 bridgehead atoms.